The second-order valence-corrected chi connectivity index (χ2v) is 34.4. The molecule has 0 saturated carbocycles. The number of imidazole rings is 1. The first-order valence-corrected chi connectivity index (χ1v) is 41.7. The number of pyridine rings is 9. The Kier molecular flexibility index (Phi) is 14.4. The van der Waals surface area contributed by atoms with Crippen LogP contribution in [0.3, 0.4) is 0 Å². The van der Waals surface area contributed by atoms with Crippen molar-refractivity contribution in [3.63, 3.8) is 0 Å². The van der Waals surface area contributed by atoms with Crippen LogP contribution in [0.5, 0.6) is 0 Å². The summed E-state index contributed by atoms with van der Waals surface area (Å²) in [5.41, 5.74) is 33.7. The van der Waals surface area contributed by atoms with E-state index >= 15 is 0 Å². The lowest BCUT2D eigenvalue weighted by atomic mass is 9.93. The summed E-state index contributed by atoms with van der Waals surface area (Å²) in [6.07, 6.45) is 11.9. The van der Waals surface area contributed by atoms with Gasteiger partial charge in [0.1, 0.15) is 54.4 Å². The van der Waals surface area contributed by atoms with Gasteiger partial charge in [-0.2, -0.15) is 4.40 Å². The molecule has 117 heavy (non-hydrogen) atoms. The van der Waals surface area contributed by atoms with Crippen LogP contribution < -0.4 is 22.7 Å². The first-order chi connectivity index (χ1) is 57.3. The molecule has 9 aromatic carbocycles. The SMILES string of the molecule is CC(C)c1c[n+]2c3c4c(cccc4c4cccnc4n13)C2.CC(C)c1ccc2c3c1c1ncccc1c1c4ccccc4n([n+]31)C2.CC(C)c1cccc2c1c1c3ncccc3c3cccc4c3[n+]1n2C4.CC(C)c1cccc2c3cccc4c3[n+]3c(c5ncccc5n3C4)c12.CC(C)c1cccc2c3cccc4c3c3n(nc[n+]3C4)c12. The fourth-order valence-corrected chi connectivity index (χ4v) is 21.3. The highest BCUT2D eigenvalue weighted by atomic mass is 15.4. The maximum absolute atomic E-state index is 4.83. The van der Waals surface area contributed by atoms with Crippen molar-refractivity contribution in [1.82, 2.24) is 48.0 Å². The lowest BCUT2D eigenvalue weighted by Crippen LogP contribution is -2.29. The molecule has 0 aliphatic carbocycles. The molecule has 0 amide bonds. The molecule has 5 aliphatic heterocycles. The average Bonchev–Trinajstić information content (AvgIpc) is 1.75. The fraction of sp³-hybridized carbons (Fsp3) is 0.196. The number of nitrogens with zero attached hydrogens (tertiary/aromatic N) is 15. The van der Waals surface area contributed by atoms with Crippen LogP contribution in [0.4, 0.5) is 0 Å². The van der Waals surface area contributed by atoms with E-state index in [1.807, 2.05) is 49.3 Å². The number of hydrogen-bond acceptors (Lipinski definition) is 5. The zero-order chi connectivity index (χ0) is 78.4. The van der Waals surface area contributed by atoms with Gasteiger partial charge in [-0.15, -0.1) is 14.0 Å². The van der Waals surface area contributed by atoms with Gasteiger partial charge in [0.25, 0.3) is 39.7 Å². The molecule has 0 saturated heterocycles. The Bertz CT molecular complexity index is 8340. The summed E-state index contributed by atoms with van der Waals surface area (Å²) in [7, 11) is 0. The van der Waals surface area contributed by atoms with Gasteiger partial charge in [0, 0.05) is 68.5 Å². The van der Waals surface area contributed by atoms with Crippen molar-refractivity contribution in [2.45, 2.75) is 132 Å². The Hall–Kier alpha value is -13.7. The molecule has 0 radical (unpaired) electrons. The molecule has 28 rings (SSSR count). The second-order valence-electron chi connectivity index (χ2n) is 34.4. The summed E-state index contributed by atoms with van der Waals surface area (Å²) in [4.78, 5) is 19.1. The van der Waals surface area contributed by atoms with Gasteiger partial charge >= 0.3 is 0 Å². The summed E-state index contributed by atoms with van der Waals surface area (Å²) in [6.45, 7) is 27.3. The Morgan fingerprint density at radius 1 is 0.299 bits per heavy atom. The zero-order valence-electron chi connectivity index (χ0n) is 67.3. The minimum Gasteiger partial charge on any atom is -0.255 e. The van der Waals surface area contributed by atoms with Crippen molar-refractivity contribution in [2.24, 2.45) is 0 Å². The van der Waals surface area contributed by atoms with E-state index in [4.69, 9.17) is 15.0 Å². The van der Waals surface area contributed by atoms with Gasteiger partial charge in [-0.1, -0.05) is 221 Å². The molecule has 0 spiro atoms. The predicted molar refractivity (Wildman–Crippen MR) is 470 cm³/mol. The van der Waals surface area contributed by atoms with Crippen LogP contribution in [0.25, 0.3) is 169 Å². The molecule has 14 aromatic heterocycles. The van der Waals surface area contributed by atoms with E-state index in [1.165, 1.54) is 203 Å². The highest BCUT2D eigenvalue weighted by Crippen LogP contribution is 2.44. The Morgan fingerprint density at radius 3 is 1.47 bits per heavy atom. The predicted octanol–water partition coefficient (Wildman–Crippen LogP) is 20.5. The van der Waals surface area contributed by atoms with Crippen molar-refractivity contribution in [1.29, 1.82) is 0 Å². The molecule has 0 unspecified atom stereocenters. The average molecular weight is 1520 g/mol. The molecule has 0 atom stereocenters. The first-order valence-electron chi connectivity index (χ1n) is 41.7. The van der Waals surface area contributed by atoms with Crippen LogP contribution in [-0.2, 0) is 32.7 Å². The van der Waals surface area contributed by atoms with Gasteiger partial charge < -0.3 is 0 Å². The summed E-state index contributed by atoms with van der Waals surface area (Å²) >= 11 is 0. The normalized spacial score (nSPS) is 13.4. The fourth-order valence-electron chi connectivity index (χ4n) is 21.3. The minimum absolute atomic E-state index is 0.468. The molecule has 0 bridgehead atoms. The lowest BCUT2D eigenvalue weighted by Gasteiger charge is -2.10. The second kappa shape index (κ2) is 24.9. The number of fused-ring (bicyclic) bond motifs is 24. The van der Waals surface area contributed by atoms with Gasteiger partial charge in [0.2, 0.25) is 16.7 Å². The van der Waals surface area contributed by atoms with Crippen molar-refractivity contribution >= 4 is 169 Å². The molecule has 23 aromatic rings. The van der Waals surface area contributed by atoms with Crippen molar-refractivity contribution < 1.29 is 22.7 Å². The number of rotatable bonds is 5. The quantitative estimate of drug-likeness (QED) is 0.126. The summed E-state index contributed by atoms with van der Waals surface area (Å²) in [5.74, 6) is 2.38. The first kappa shape index (κ1) is 67.8. The maximum atomic E-state index is 4.83. The highest BCUT2D eigenvalue weighted by molar-refractivity contribution is 6.20. The van der Waals surface area contributed by atoms with Crippen LogP contribution in [-0.4, -0.2) is 48.0 Å². The monoisotopic (exact) mass is 1520 g/mol. The summed E-state index contributed by atoms with van der Waals surface area (Å²) < 4.78 is 23.6. The van der Waals surface area contributed by atoms with E-state index in [0.29, 0.717) is 29.6 Å². The molecule has 564 valence electrons. The summed E-state index contributed by atoms with van der Waals surface area (Å²) in [5, 5.41) is 24.5. The van der Waals surface area contributed by atoms with E-state index in [2.05, 4.69) is 325 Å². The van der Waals surface area contributed by atoms with Crippen molar-refractivity contribution in [3.8, 4) is 0 Å². The van der Waals surface area contributed by atoms with E-state index in [1.54, 1.807) is 0 Å². The number of para-hydroxylation sites is 4. The van der Waals surface area contributed by atoms with E-state index in [9.17, 15) is 0 Å². The Labute approximate surface area is 673 Å². The van der Waals surface area contributed by atoms with E-state index < -0.39 is 0 Å². The Morgan fingerprint density at radius 2 is 0.769 bits per heavy atom. The summed E-state index contributed by atoms with van der Waals surface area (Å²) in [6, 6.07) is 77.0. The Balaban J connectivity index is 0.0000000839. The van der Waals surface area contributed by atoms with Gasteiger partial charge in [-0.05, 0) is 130 Å². The molecule has 15 nitrogen and oxygen atoms in total. The lowest BCUT2D eigenvalue weighted by molar-refractivity contribution is -0.659. The van der Waals surface area contributed by atoms with Gasteiger partial charge in [-0.3, -0.25) is 4.98 Å². The number of benzene rings is 9. The molecular formula is C102H86N15+5. The van der Waals surface area contributed by atoms with Crippen LogP contribution >= 0.6 is 0 Å². The zero-order valence-corrected chi connectivity index (χ0v) is 67.3. The van der Waals surface area contributed by atoms with Crippen LogP contribution in [0.1, 0.15) is 155 Å². The van der Waals surface area contributed by atoms with Crippen LogP contribution in [0.2, 0.25) is 0 Å². The van der Waals surface area contributed by atoms with Gasteiger partial charge in [0.15, 0.2) is 16.7 Å². The molecular weight excluding hydrogens is 1440 g/mol. The van der Waals surface area contributed by atoms with Crippen molar-refractivity contribution in [3.05, 3.63) is 305 Å². The maximum Gasteiger partial charge on any atom is 0.296 e. The van der Waals surface area contributed by atoms with Gasteiger partial charge in [0.05, 0.1) is 82.6 Å². The molecule has 5 aliphatic rings. The number of hydrogen-bond donors (Lipinski definition) is 0. The third kappa shape index (κ3) is 9.27. The van der Waals surface area contributed by atoms with Gasteiger partial charge in [-0.25, -0.2) is 24.1 Å². The van der Waals surface area contributed by atoms with Crippen LogP contribution in [0.15, 0.2) is 250 Å². The van der Waals surface area contributed by atoms with Crippen molar-refractivity contribution in [2.75, 3.05) is 0 Å². The topological polar surface area (TPSA) is 108 Å². The minimum atomic E-state index is 0.468. The highest BCUT2D eigenvalue weighted by Gasteiger charge is 2.40. The smallest absolute Gasteiger partial charge is 0.255 e. The molecule has 15 heteroatoms. The van der Waals surface area contributed by atoms with E-state index in [0.717, 1.165) is 54.9 Å². The standard InChI is InChI=1S/3C22H18N3.2C18H16N3/c1-13(2)15-7-4-8-16-17-9-3-6-14-12-24-18-10-5-11-23-20(18)22(19(15)16)25(24)21(14)17;1-13(2)15-7-4-10-18-19(15)22-20-16(9-5-11-23-20)17-8-3-6-14-12-24(18)25(22)21(14)17;1-13(2)15-10-9-14-12-24-18-8-4-3-6-16(18)22-17-7-5-11-23-20(17)19(15)21(14)25(22)24;1-11(2)13-6-4-8-15-14-7-3-5-12-9-20-10-19-21(17(13)15)18(20)16(12)14;1-11(2)15-10-20-9-12-5-3-6-13-14-7-4-8-19-17(14)21(15)18(20)16(12)13/h3*3-11,13H,12H2,1-2H3;2*3-8,10-11H,9H2,1-2H3/q5*+1. The third-order valence-corrected chi connectivity index (χ3v) is 26.2. The third-order valence-electron chi connectivity index (χ3n) is 26.2. The number of aromatic nitrogens is 15. The molecule has 19 heterocycles. The molecule has 0 N–H and O–H groups in total. The molecule has 0 fully saturated rings. The largest absolute Gasteiger partial charge is 0.296 e. The van der Waals surface area contributed by atoms with Crippen LogP contribution in [0, 0.1) is 0 Å². The van der Waals surface area contributed by atoms with E-state index in [-0.39, 0.29) is 0 Å².